The van der Waals surface area contributed by atoms with Crippen LogP contribution in [0.25, 0.3) is 0 Å². The summed E-state index contributed by atoms with van der Waals surface area (Å²) in [6.45, 7) is 5.89. The Balaban J connectivity index is 1.71. The Morgan fingerprint density at radius 2 is 1.55 bits per heavy atom. The van der Waals surface area contributed by atoms with Gasteiger partial charge < -0.3 is 10.2 Å². The van der Waals surface area contributed by atoms with Crippen LogP contribution in [0.5, 0.6) is 0 Å². The highest BCUT2D eigenvalue weighted by Crippen LogP contribution is 2.24. The van der Waals surface area contributed by atoms with E-state index in [0.717, 1.165) is 58.5 Å². The molecule has 1 N–H and O–H groups in total. The van der Waals surface area contributed by atoms with Crippen molar-refractivity contribution < 1.29 is 18.0 Å². The number of amides is 2. The van der Waals surface area contributed by atoms with Gasteiger partial charge in [-0.3, -0.25) is 13.9 Å². The topological polar surface area (TPSA) is 86.8 Å². The lowest BCUT2D eigenvalue weighted by Crippen LogP contribution is -2.54. The molecule has 0 aromatic heterocycles. The van der Waals surface area contributed by atoms with Crippen LogP contribution < -0.4 is 9.62 Å². The van der Waals surface area contributed by atoms with Gasteiger partial charge in [0, 0.05) is 19.0 Å². The molecule has 42 heavy (non-hydrogen) atoms. The fourth-order valence-corrected chi connectivity index (χ4v) is 6.42. The van der Waals surface area contributed by atoms with E-state index in [0.29, 0.717) is 12.1 Å². The fraction of sp³-hybridized carbons (Fsp3) is 0.412. The van der Waals surface area contributed by atoms with Crippen molar-refractivity contribution in [3.8, 4) is 0 Å². The zero-order chi connectivity index (χ0) is 30.3. The summed E-state index contributed by atoms with van der Waals surface area (Å²) >= 11 is 0. The van der Waals surface area contributed by atoms with Gasteiger partial charge in [0.1, 0.15) is 12.6 Å². The Morgan fingerprint density at radius 3 is 2.14 bits per heavy atom. The van der Waals surface area contributed by atoms with Crippen molar-refractivity contribution in [1.29, 1.82) is 0 Å². The molecule has 1 fully saturated rings. The van der Waals surface area contributed by atoms with Gasteiger partial charge in [0.15, 0.2) is 0 Å². The Hall–Kier alpha value is -3.65. The van der Waals surface area contributed by atoms with Gasteiger partial charge in [0.25, 0.3) is 0 Å². The quantitative estimate of drug-likeness (QED) is 0.299. The lowest BCUT2D eigenvalue weighted by atomic mass is 10.0. The summed E-state index contributed by atoms with van der Waals surface area (Å²) in [5.41, 5.74) is 4.34. The molecular formula is C34H43N3O4S. The molecule has 0 radical (unpaired) electrons. The first kappa shape index (κ1) is 31.3. The van der Waals surface area contributed by atoms with E-state index in [2.05, 4.69) is 19.2 Å². The molecule has 0 saturated heterocycles. The van der Waals surface area contributed by atoms with Gasteiger partial charge >= 0.3 is 0 Å². The average molecular weight is 590 g/mol. The van der Waals surface area contributed by atoms with E-state index in [1.54, 1.807) is 17.0 Å². The molecule has 0 heterocycles. The van der Waals surface area contributed by atoms with Gasteiger partial charge in [-0.15, -0.1) is 0 Å². The highest BCUT2D eigenvalue weighted by atomic mass is 32.2. The second-order valence-corrected chi connectivity index (χ2v) is 13.6. The minimum atomic E-state index is -3.80. The summed E-state index contributed by atoms with van der Waals surface area (Å²) in [6.07, 6.45) is 5.40. The van der Waals surface area contributed by atoms with Crippen LogP contribution >= 0.6 is 0 Å². The lowest BCUT2D eigenvalue weighted by Gasteiger charge is -2.34. The third kappa shape index (κ3) is 8.44. The van der Waals surface area contributed by atoms with Crippen LogP contribution in [0.3, 0.4) is 0 Å². The third-order valence-corrected chi connectivity index (χ3v) is 9.08. The smallest absolute Gasteiger partial charge is 0.244 e. The SMILES string of the molecule is Cc1cccc(CN(C(=O)CN(c2ccc(C(C)C)cc2)S(C)(=O)=O)[C@H](Cc2ccccc2)C(=O)NC2CCCC2)c1. The number of rotatable bonds is 12. The minimum Gasteiger partial charge on any atom is -0.352 e. The second-order valence-electron chi connectivity index (χ2n) is 11.7. The van der Waals surface area contributed by atoms with Gasteiger partial charge in [-0.25, -0.2) is 8.42 Å². The number of aryl methyl sites for hydroxylation is 1. The molecule has 0 bridgehead atoms. The van der Waals surface area contributed by atoms with E-state index >= 15 is 0 Å². The highest BCUT2D eigenvalue weighted by molar-refractivity contribution is 7.92. The number of benzene rings is 3. The van der Waals surface area contributed by atoms with E-state index in [-0.39, 0.29) is 24.4 Å². The predicted molar refractivity (Wildman–Crippen MR) is 169 cm³/mol. The van der Waals surface area contributed by atoms with Crippen LogP contribution in [-0.4, -0.2) is 50.0 Å². The van der Waals surface area contributed by atoms with Crippen LogP contribution in [0.15, 0.2) is 78.9 Å². The Bertz CT molecular complexity index is 1450. The van der Waals surface area contributed by atoms with Crippen LogP contribution in [0.2, 0.25) is 0 Å². The standard InChI is InChI=1S/C34H43N3O4S/c1-25(2)29-17-19-31(20-18-29)37(42(4,40)41)24-33(38)36(23-28-14-10-11-26(3)21-28)32(22-27-12-6-5-7-13-27)34(39)35-30-15-8-9-16-30/h5-7,10-14,17-21,25,30,32H,8-9,15-16,22-24H2,1-4H3,(H,35,39)/t32-/m1/s1. The molecule has 3 aromatic rings. The molecular weight excluding hydrogens is 546 g/mol. The minimum absolute atomic E-state index is 0.0821. The fourth-order valence-electron chi connectivity index (χ4n) is 5.57. The lowest BCUT2D eigenvalue weighted by molar-refractivity contribution is -0.140. The number of carbonyl (C=O) groups excluding carboxylic acids is 2. The number of sulfonamides is 1. The van der Waals surface area contributed by atoms with E-state index in [1.807, 2.05) is 73.7 Å². The van der Waals surface area contributed by atoms with Gasteiger partial charge in [-0.2, -0.15) is 0 Å². The van der Waals surface area contributed by atoms with E-state index in [4.69, 9.17) is 0 Å². The Morgan fingerprint density at radius 1 is 0.905 bits per heavy atom. The van der Waals surface area contributed by atoms with Crippen molar-refractivity contribution in [2.24, 2.45) is 0 Å². The van der Waals surface area contributed by atoms with Crippen molar-refractivity contribution in [3.05, 3.63) is 101 Å². The van der Waals surface area contributed by atoms with Crippen LogP contribution in [0.4, 0.5) is 5.69 Å². The molecule has 7 nitrogen and oxygen atoms in total. The van der Waals surface area contributed by atoms with Gasteiger partial charge in [0.2, 0.25) is 21.8 Å². The van der Waals surface area contributed by atoms with Gasteiger partial charge in [-0.1, -0.05) is 99.0 Å². The summed E-state index contributed by atoms with van der Waals surface area (Å²) < 4.78 is 27.2. The van der Waals surface area contributed by atoms with Crippen LogP contribution in [0.1, 0.15) is 67.7 Å². The number of carbonyl (C=O) groups is 2. The van der Waals surface area contributed by atoms with Gasteiger partial charge in [-0.05, 0) is 54.5 Å². The first-order chi connectivity index (χ1) is 20.0. The molecule has 0 spiro atoms. The Labute approximate surface area is 251 Å². The summed E-state index contributed by atoms with van der Waals surface area (Å²) in [6, 6.07) is 24.0. The average Bonchev–Trinajstić information content (AvgIpc) is 3.46. The van der Waals surface area contributed by atoms with E-state index < -0.39 is 28.5 Å². The monoisotopic (exact) mass is 589 g/mol. The zero-order valence-electron chi connectivity index (χ0n) is 25.1. The first-order valence-corrected chi connectivity index (χ1v) is 16.6. The van der Waals surface area contributed by atoms with Crippen molar-refractivity contribution >= 4 is 27.5 Å². The third-order valence-electron chi connectivity index (χ3n) is 7.93. The molecule has 224 valence electrons. The molecule has 1 aliphatic rings. The summed E-state index contributed by atoms with van der Waals surface area (Å²) in [5, 5.41) is 3.20. The van der Waals surface area contributed by atoms with Crippen molar-refractivity contribution in [2.75, 3.05) is 17.1 Å². The molecule has 1 saturated carbocycles. The number of nitrogens with one attached hydrogen (secondary N) is 1. The number of nitrogens with zero attached hydrogens (tertiary/aromatic N) is 2. The normalized spacial score (nSPS) is 14.5. The van der Waals surface area contributed by atoms with Crippen LogP contribution in [-0.2, 0) is 32.6 Å². The van der Waals surface area contributed by atoms with Crippen molar-refractivity contribution in [3.63, 3.8) is 0 Å². The largest absolute Gasteiger partial charge is 0.352 e. The molecule has 0 unspecified atom stereocenters. The Kier molecular flexibility index (Phi) is 10.4. The summed E-state index contributed by atoms with van der Waals surface area (Å²) in [4.78, 5) is 29.7. The molecule has 2 amide bonds. The molecule has 1 aliphatic carbocycles. The molecule has 0 aliphatic heterocycles. The molecule has 1 atom stereocenters. The van der Waals surface area contributed by atoms with Crippen molar-refractivity contribution in [2.45, 2.75) is 77.4 Å². The summed E-state index contributed by atoms with van der Waals surface area (Å²) in [7, 11) is -3.80. The highest BCUT2D eigenvalue weighted by Gasteiger charge is 2.34. The number of hydrogen-bond acceptors (Lipinski definition) is 4. The molecule has 3 aromatic carbocycles. The second kappa shape index (κ2) is 14.0. The van der Waals surface area contributed by atoms with Crippen LogP contribution in [0, 0.1) is 6.92 Å². The maximum atomic E-state index is 14.3. The predicted octanol–water partition coefficient (Wildman–Crippen LogP) is 5.58. The van der Waals surface area contributed by atoms with E-state index in [1.165, 1.54) is 0 Å². The maximum absolute atomic E-state index is 14.3. The number of hydrogen-bond donors (Lipinski definition) is 1. The molecule has 4 rings (SSSR count). The van der Waals surface area contributed by atoms with Crippen molar-refractivity contribution in [1.82, 2.24) is 10.2 Å². The maximum Gasteiger partial charge on any atom is 0.244 e. The number of anilines is 1. The summed E-state index contributed by atoms with van der Waals surface area (Å²) in [5.74, 6) is -0.356. The first-order valence-electron chi connectivity index (χ1n) is 14.8. The van der Waals surface area contributed by atoms with E-state index in [9.17, 15) is 18.0 Å². The zero-order valence-corrected chi connectivity index (χ0v) is 25.9. The molecule has 8 heteroatoms. The van der Waals surface area contributed by atoms with Gasteiger partial charge in [0.05, 0.1) is 11.9 Å².